The summed E-state index contributed by atoms with van der Waals surface area (Å²) in [5.41, 5.74) is 1.79. The Balaban J connectivity index is 2.47. The molecule has 0 unspecified atom stereocenters. The maximum atomic E-state index is 13.5. The van der Waals surface area contributed by atoms with Gasteiger partial charge in [-0.25, -0.2) is 8.42 Å². The molecule has 0 heterocycles. The predicted octanol–water partition coefficient (Wildman–Crippen LogP) is 4.01. The third-order valence-electron chi connectivity index (χ3n) is 5.14. The highest BCUT2D eigenvalue weighted by atomic mass is 35.5. The molecule has 0 aliphatic heterocycles. The number of benzene rings is 2. The van der Waals surface area contributed by atoms with Crippen molar-refractivity contribution in [3.05, 3.63) is 63.6 Å². The first-order chi connectivity index (χ1) is 15.5. The number of carbonyl (C=O) groups is 2. The molecule has 0 aliphatic carbocycles. The monoisotopic (exact) mass is 513 g/mol. The Hall–Kier alpha value is -2.29. The molecule has 7 nitrogen and oxygen atoms in total. The van der Waals surface area contributed by atoms with Crippen LogP contribution in [0.5, 0.6) is 0 Å². The second-order valence-electron chi connectivity index (χ2n) is 7.64. The number of rotatable bonds is 10. The van der Waals surface area contributed by atoms with Crippen LogP contribution in [-0.2, 0) is 26.2 Å². The Kier molecular flexibility index (Phi) is 9.57. The lowest BCUT2D eigenvalue weighted by molar-refractivity contribution is -0.140. The molecule has 10 heteroatoms. The number of aryl methyl sites for hydroxylation is 1. The minimum absolute atomic E-state index is 0.0662. The molecule has 2 aromatic carbocycles. The van der Waals surface area contributed by atoms with Crippen LogP contribution in [0.15, 0.2) is 42.5 Å². The Labute approximate surface area is 205 Å². The van der Waals surface area contributed by atoms with Gasteiger partial charge in [0.05, 0.1) is 22.0 Å². The van der Waals surface area contributed by atoms with Gasteiger partial charge in [0.25, 0.3) is 0 Å². The standard InChI is InChI=1S/C23H29Cl2N3O4S/c1-5-20(23(30)26-6-2)27(14-17-11-12-18(24)19(25)13-17)22(29)15-28(33(4,31)32)21-10-8-7-9-16(21)3/h7-13,20H,5-6,14-15H2,1-4H3,(H,26,30)/t20-/m0/s1. The first-order valence-corrected chi connectivity index (χ1v) is 13.1. The van der Waals surface area contributed by atoms with E-state index < -0.39 is 28.5 Å². The maximum Gasteiger partial charge on any atom is 0.244 e. The summed E-state index contributed by atoms with van der Waals surface area (Å²) < 4.78 is 26.3. The average molecular weight is 514 g/mol. The van der Waals surface area contributed by atoms with Gasteiger partial charge in [-0.15, -0.1) is 0 Å². The van der Waals surface area contributed by atoms with Crippen molar-refractivity contribution < 1.29 is 18.0 Å². The molecule has 0 spiro atoms. The summed E-state index contributed by atoms with van der Waals surface area (Å²) in [6, 6.07) is 11.1. The molecular formula is C23H29Cl2N3O4S. The zero-order chi connectivity index (χ0) is 24.8. The first kappa shape index (κ1) is 27.0. The molecule has 2 rings (SSSR count). The van der Waals surface area contributed by atoms with Gasteiger partial charge in [0.15, 0.2) is 0 Å². The Bertz CT molecular complexity index is 1110. The fraction of sp³-hybridized carbons (Fsp3) is 0.391. The van der Waals surface area contributed by atoms with Crippen molar-refractivity contribution in [1.29, 1.82) is 0 Å². The summed E-state index contributed by atoms with van der Waals surface area (Å²) in [4.78, 5) is 27.7. The quantitative estimate of drug-likeness (QED) is 0.519. The van der Waals surface area contributed by atoms with Gasteiger partial charge in [0.2, 0.25) is 21.8 Å². The third-order valence-corrected chi connectivity index (χ3v) is 7.00. The molecule has 2 aromatic rings. The molecule has 0 bridgehead atoms. The highest BCUT2D eigenvalue weighted by Gasteiger charge is 2.31. The SMILES string of the molecule is CCNC(=O)[C@H](CC)N(Cc1ccc(Cl)c(Cl)c1)C(=O)CN(c1ccccc1C)S(C)(=O)=O. The average Bonchev–Trinajstić information content (AvgIpc) is 2.74. The van der Waals surface area contributed by atoms with Crippen molar-refractivity contribution in [2.75, 3.05) is 23.7 Å². The van der Waals surface area contributed by atoms with Gasteiger partial charge in [-0.3, -0.25) is 13.9 Å². The van der Waals surface area contributed by atoms with Gasteiger partial charge in [0.1, 0.15) is 12.6 Å². The lowest BCUT2D eigenvalue weighted by Gasteiger charge is -2.33. The molecule has 2 amide bonds. The van der Waals surface area contributed by atoms with E-state index in [2.05, 4.69) is 5.32 Å². The lowest BCUT2D eigenvalue weighted by Crippen LogP contribution is -2.52. The molecule has 0 aromatic heterocycles. The highest BCUT2D eigenvalue weighted by molar-refractivity contribution is 7.92. The molecule has 33 heavy (non-hydrogen) atoms. The summed E-state index contributed by atoms with van der Waals surface area (Å²) in [5.74, 6) is -0.817. The second-order valence-corrected chi connectivity index (χ2v) is 10.4. The van der Waals surface area contributed by atoms with Crippen LogP contribution in [0.2, 0.25) is 10.0 Å². The molecule has 1 N–H and O–H groups in total. The fourth-order valence-electron chi connectivity index (χ4n) is 3.48. The number of sulfonamides is 1. The van der Waals surface area contributed by atoms with E-state index in [4.69, 9.17) is 23.2 Å². The molecule has 0 saturated carbocycles. The van der Waals surface area contributed by atoms with Crippen LogP contribution >= 0.6 is 23.2 Å². The molecule has 0 radical (unpaired) electrons. The van der Waals surface area contributed by atoms with E-state index >= 15 is 0 Å². The van der Waals surface area contributed by atoms with Gasteiger partial charge in [-0.1, -0.05) is 54.4 Å². The second kappa shape index (κ2) is 11.7. The summed E-state index contributed by atoms with van der Waals surface area (Å²) >= 11 is 12.2. The largest absolute Gasteiger partial charge is 0.355 e. The zero-order valence-electron chi connectivity index (χ0n) is 19.1. The molecule has 0 saturated heterocycles. The number of nitrogens with zero attached hydrogens (tertiary/aromatic N) is 2. The number of likely N-dealkylation sites (N-methyl/N-ethyl adjacent to an activating group) is 1. The first-order valence-electron chi connectivity index (χ1n) is 10.5. The number of para-hydroxylation sites is 1. The lowest BCUT2D eigenvalue weighted by atomic mass is 10.1. The number of amides is 2. The Morgan fingerprint density at radius 2 is 1.73 bits per heavy atom. The van der Waals surface area contributed by atoms with E-state index in [1.807, 2.05) is 0 Å². The number of hydrogen-bond acceptors (Lipinski definition) is 4. The topological polar surface area (TPSA) is 86.8 Å². The number of hydrogen-bond donors (Lipinski definition) is 1. The Morgan fingerprint density at radius 3 is 2.27 bits per heavy atom. The van der Waals surface area contributed by atoms with Crippen molar-refractivity contribution >= 4 is 50.7 Å². The van der Waals surface area contributed by atoms with Crippen molar-refractivity contribution in [3.63, 3.8) is 0 Å². The minimum atomic E-state index is -3.77. The molecule has 1 atom stereocenters. The summed E-state index contributed by atoms with van der Waals surface area (Å²) in [5, 5.41) is 3.45. The third kappa shape index (κ3) is 7.09. The van der Waals surface area contributed by atoms with Crippen molar-refractivity contribution in [3.8, 4) is 0 Å². The Morgan fingerprint density at radius 1 is 1.06 bits per heavy atom. The van der Waals surface area contributed by atoms with Crippen molar-refractivity contribution in [1.82, 2.24) is 10.2 Å². The van der Waals surface area contributed by atoms with Gasteiger partial charge in [-0.05, 0) is 49.6 Å². The smallest absolute Gasteiger partial charge is 0.244 e. The van der Waals surface area contributed by atoms with Gasteiger partial charge >= 0.3 is 0 Å². The van der Waals surface area contributed by atoms with Crippen molar-refractivity contribution in [2.45, 2.75) is 39.8 Å². The predicted molar refractivity (Wildman–Crippen MR) is 133 cm³/mol. The van der Waals surface area contributed by atoms with Crippen LogP contribution in [0.25, 0.3) is 0 Å². The molecule has 0 aliphatic rings. The normalized spacial score (nSPS) is 12.2. The molecule has 180 valence electrons. The van der Waals surface area contributed by atoms with E-state index in [9.17, 15) is 18.0 Å². The molecular weight excluding hydrogens is 485 g/mol. The van der Waals surface area contributed by atoms with Gasteiger partial charge in [0, 0.05) is 13.1 Å². The summed E-state index contributed by atoms with van der Waals surface area (Å²) in [6.07, 6.45) is 1.40. The summed E-state index contributed by atoms with van der Waals surface area (Å²) in [7, 11) is -3.77. The number of anilines is 1. The molecule has 0 fully saturated rings. The van der Waals surface area contributed by atoms with Crippen LogP contribution in [0, 0.1) is 6.92 Å². The van der Waals surface area contributed by atoms with E-state index in [1.165, 1.54) is 4.90 Å². The van der Waals surface area contributed by atoms with Crippen LogP contribution in [0.4, 0.5) is 5.69 Å². The highest BCUT2D eigenvalue weighted by Crippen LogP contribution is 2.25. The van der Waals surface area contributed by atoms with Crippen LogP contribution in [0.3, 0.4) is 0 Å². The maximum absolute atomic E-state index is 13.5. The van der Waals surface area contributed by atoms with E-state index in [-0.39, 0.29) is 12.5 Å². The fourth-order valence-corrected chi connectivity index (χ4v) is 4.71. The summed E-state index contributed by atoms with van der Waals surface area (Å²) in [6.45, 7) is 5.39. The zero-order valence-corrected chi connectivity index (χ0v) is 21.5. The number of nitrogens with one attached hydrogen (secondary N) is 1. The van der Waals surface area contributed by atoms with Gasteiger partial charge in [-0.2, -0.15) is 0 Å². The number of carbonyl (C=O) groups excluding carboxylic acids is 2. The van der Waals surface area contributed by atoms with E-state index in [0.29, 0.717) is 39.8 Å². The van der Waals surface area contributed by atoms with Crippen LogP contribution < -0.4 is 9.62 Å². The van der Waals surface area contributed by atoms with E-state index in [0.717, 1.165) is 10.6 Å². The van der Waals surface area contributed by atoms with E-state index in [1.54, 1.807) is 63.2 Å². The van der Waals surface area contributed by atoms with Crippen LogP contribution in [-0.4, -0.2) is 50.5 Å². The minimum Gasteiger partial charge on any atom is -0.355 e. The van der Waals surface area contributed by atoms with Crippen molar-refractivity contribution in [2.24, 2.45) is 0 Å². The van der Waals surface area contributed by atoms with Gasteiger partial charge < -0.3 is 10.2 Å². The van der Waals surface area contributed by atoms with Crippen LogP contribution in [0.1, 0.15) is 31.4 Å². The number of halogens is 2.